The molecule has 0 unspecified atom stereocenters. The Kier molecular flexibility index (Phi) is 7.01. The Labute approximate surface area is 108 Å². The van der Waals surface area contributed by atoms with Gasteiger partial charge in [0, 0.05) is 23.7 Å². The number of unbranched alkanes of at least 4 members (excludes halogenated alkanes) is 3. The SMILES string of the molecule is NCc1c(Cl)cccc1OCCCCCCO. The van der Waals surface area contributed by atoms with Gasteiger partial charge in [0.1, 0.15) is 5.75 Å². The summed E-state index contributed by atoms with van der Waals surface area (Å²) in [5, 5.41) is 9.30. The lowest BCUT2D eigenvalue weighted by atomic mass is 10.2. The summed E-state index contributed by atoms with van der Waals surface area (Å²) in [6, 6.07) is 5.57. The highest BCUT2D eigenvalue weighted by Gasteiger charge is 2.05. The van der Waals surface area contributed by atoms with Gasteiger partial charge in [-0.2, -0.15) is 0 Å². The van der Waals surface area contributed by atoms with Crippen molar-refractivity contribution in [3.05, 3.63) is 28.8 Å². The molecule has 0 fully saturated rings. The van der Waals surface area contributed by atoms with Gasteiger partial charge in [-0.25, -0.2) is 0 Å². The fraction of sp³-hybridized carbons (Fsp3) is 0.538. The first-order valence-electron chi connectivity index (χ1n) is 6.00. The second-order valence-corrected chi connectivity index (χ2v) is 4.31. The smallest absolute Gasteiger partial charge is 0.125 e. The van der Waals surface area contributed by atoms with Crippen molar-refractivity contribution in [1.29, 1.82) is 0 Å². The van der Waals surface area contributed by atoms with Crippen LogP contribution in [0.25, 0.3) is 0 Å². The van der Waals surface area contributed by atoms with Crippen molar-refractivity contribution in [1.82, 2.24) is 0 Å². The minimum atomic E-state index is 0.270. The molecule has 4 heteroatoms. The highest BCUT2D eigenvalue weighted by Crippen LogP contribution is 2.25. The lowest BCUT2D eigenvalue weighted by Gasteiger charge is -2.11. The maximum Gasteiger partial charge on any atom is 0.125 e. The normalized spacial score (nSPS) is 10.5. The van der Waals surface area contributed by atoms with Crippen molar-refractivity contribution >= 4 is 11.6 Å². The van der Waals surface area contributed by atoms with Gasteiger partial charge >= 0.3 is 0 Å². The van der Waals surface area contributed by atoms with Crippen LogP contribution in [0, 0.1) is 0 Å². The molecule has 0 spiro atoms. The van der Waals surface area contributed by atoms with Gasteiger partial charge in [-0.15, -0.1) is 0 Å². The largest absolute Gasteiger partial charge is 0.493 e. The van der Waals surface area contributed by atoms with Gasteiger partial charge < -0.3 is 15.6 Å². The van der Waals surface area contributed by atoms with E-state index in [-0.39, 0.29) is 6.61 Å². The van der Waals surface area contributed by atoms with E-state index in [9.17, 15) is 0 Å². The number of rotatable bonds is 8. The molecule has 1 rings (SSSR count). The molecule has 0 radical (unpaired) electrons. The Morgan fingerprint density at radius 2 is 1.94 bits per heavy atom. The van der Waals surface area contributed by atoms with Crippen LogP contribution in [0.4, 0.5) is 0 Å². The van der Waals surface area contributed by atoms with E-state index in [1.54, 1.807) is 0 Å². The molecular weight excluding hydrogens is 238 g/mol. The molecule has 3 nitrogen and oxygen atoms in total. The molecule has 0 aliphatic carbocycles. The Bertz CT molecular complexity index is 331. The van der Waals surface area contributed by atoms with Crippen LogP contribution >= 0.6 is 11.6 Å². The predicted octanol–water partition coefficient (Wildman–Crippen LogP) is 2.73. The molecule has 0 aromatic heterocycles. The number of aliphatic hydroxyl groups is 1. The summed E-state index contributed by atoms with van der Waals surface area (Å²) >= 11 is 6.02. The van der Waals surface area contributed by atoms with Crippen LogP contribution in [-0.4, -0.2) is 18.3 Å². The first-order valence-corrected chi connectivity index (χ1v) is 6.38. The molecule has 0 atom stereocenters. The molecule has 0 heterocycles. The van der Waals surface area contributed by atoms with Crippen LogP contribution in [0.1, 0.15) is 31.2 Å². The van der Waals surface area contributed by atoms with Crippen LogP contribution in [0.3, 0.4) is 0 Å². The van der Waals surface area contributed by atoms with Gasteiger partial charge in [-0.05, 0) is 31.4 Å². The van der Waals surface area contributed by atoms with Crippen molar-refractivity contribution in [2.45, 2.75) is 32.2 Å². The topological polar surface area (TPSA) is 55.5 Å². The zero-order chi connectivity index (χ0) is 12.5. The van der Waals surface area contributed by atoms with Crippen molar-refractivity contribution in [3.8, 4) is 5.75 Å². The third kappa shape index (κ3) is 4.94. The number of ether oxygens (including phenoxy) is 1. The van der Waals surface area contributed by atoms with E-state index in [1.165, 1.54) is 0 Å². The monoisotopic (exact) mass is 257 g/mol. The molecule has 3 N–H and O–H groups in total. The molecule has 0 aliphatic heterocycles. The summed E-state index contributed by atoms with van der Waals surface area (Å²) in [6.45, 7) is 1.32. The highest BCUT2D eigenvalue weighted by atomic mass is 35.5. The van der Waals surface area contributed by atoms with Crippen molar-refractivity contribution in [2.24, 2.45) is 5.73 Å². The average molecular weight is 258 g/mol. The molecule has 0 bridgehead atoms. The number of nitrogens with two attached hydrogens (primary N) is 1. The molecule has 96 valence electrons. The standard InChI is InChI=1S/C13H20ClNO2/c14-12-6-5-7-13(11(12)10-15)17-9-4-2-1-3-8-16/h5-7,16H,1-4,8-10,15H2. The minimum absolute atomic E-state index is 0.270. The van der Waals surface area contributed by atoms with Crippen molar-refractivity contribution in [3.63, 3.8) is 0 Å². The number of aliphatic hydroxyl groups excluding tert-OH is 1. The second kappa shape index (κ2) is 8.34. The zero-order valence-corrected chi connectivity index (χ0v) is 10.7. The number of halogens is 1. The molecule has 0 amide bonds. The van der Waals surface area contributed by atoms with Crippen molar-refractivity contribution in [2.75, 3.05) is 13.2 Å². The number of hydrogen-bond donors (Lipinski definition) is 2. The van der Waals surface area contributed by atoms with E-state index in [2.05, 4.69) is 0 Å². The van der Waals surface area contributed by atoms with Gasteiger partial charge in [0.05, 0.1) is 6.61 Å². The lowest BCUT2D eigenvalue weighted by Crippen LogP contribution is -2.04. The van der Waals surface area contributed by atoms with E-state index in [0.717, 1.165) is 37.0 Å². The second-order valence-electron chi connectivity index (χ2n) is 3.91. The molecule has 0 saturated heterocycles. The Morgan fingerprint density at radius 1 is 1.18 bits per heavy atom. The maximum atomic E-state index is 8.64. The van der Waals surface area contributed by atoms with E-state index < -0.39 is 0 Å². The number of hydrogen-bond acceptors (Lipinski definition) is 3. The highest BCUT2D eigenvalue weighted by molar-refractivity contribution is 6.31. The van der Waals surface area contributed by atoms with E-state index in [1.807, 2.05) is 18.2 Å². The van der Waals surface area contributed by atoms with E-state index >= 15 is 0 Å². The van der Waals surface area contributed by atoms with Crippen LogP contribution in [-0.2, 0) is 6.54 Å². The van der Waals surface area contributed by atoms with Gasteiger partial charge in [-0.3, -0.25) is 0 Å². The van der Waals surface area contributed by atoms with Crippen LogP contribution < -0.4 is 10.5 Å². The van der Waals surface area contributed by atoms with E-state index in [0.29, 0.717) is 18.2 Å². The van der Waals surface area contributed by atoms with E-state index in [4.69, 9.17) is 27.2 Å². The molecule has 0 saturated carbocycles. The summed E-state index contributed by atoms with van der Waals surface area (Å²) in [7, 11) is 0. The summed E-state index contributed by atoms with van der Waals surface area (Å²) in [6.07, 6.45) is 3.96. The first kappa shape index (κ1) is 14.3. The Morgan fingerprint density at radius 3 is 2.65 bits per heavy atom. The maximum absolute atomic E-state index is 8.64. The van der Waals surface area contributed by atoms with Gasteiger partial charge in [0.2, 0.25) is 0 Å². The van der Waals surface area contributed by atoms with Gasteiger partial charge in [-0.1, -0.05) is 24.1 Å². The summed E-state index contributed by atoms with van der Waals surface area (Å²) in [5.74, 6) is 0.780. The zero-order valence-electron chi connectivity index (χ0n) is 9.99. The average Bonchev–Trinajstić information content (AvgIpc) is 2.34. The fourth-order valence-electron chi connectivity index (χ4n) is 1.62. The predicted molar refractivity (Wildman–Crippen MR) is 70.4 cm³/mol. The van der Waals surface area contributed by atoms with Crippen LogP contribution in [0.15, 0.2) is 18.2 Å². The van der Waals surface area contributed by atoms with Crippen molar-refractivity contribution < 1.29 is 9.84 Å². The summed E-state index contributed by atoms with van der Waals surface area (Å²) < 4.78 is 5.66. The van der Waals surface area contributed by atoms with Gasteiger partial charge in [0.25, 0.3) is 0 Å². The lowest BCUT2D eigenvalue weighted by molar-refractivity contribution is 0.273. The van der Waals surface area contributed by atoms with Crippen LogP contribution in [0.2, 0.25) is 5.02 Å². The Hall–Kier alpha value is -0.770. The third-order valence-electron chi connectivity index (χ3n) is 2.59. The molecule has 1 aromatic rings. The number of benzene rings is 1. The van der Waals surface area contributed by atoms with Gasteiger partial charge in [0.15, 0.2) is 0 Å². The molecule has 0 aliphatic rings. The molecule has 1 aromatic carbocycles. The minimum Gasteiger partial charge on any atom is -0.493 e. The first-order chi connectivity index (χ1) is 8.29. The van der Waals surface area contributed by atoms with Crippen LogP contribution in [0.5, 0.6) is 5.75 Å². The third-order valence-corrected chi connectivity index (χ3v) is 2.94. The fourth-order valence-corrected chi connectivity index (χ4v) is 1.86. The molecule has 17 heavy (non-hydrogen) atoms. The summed E-state index contributed by atoms with van der Waals surface area (Å²) in [4.78, 5) is 0. The quantitative estimate of drug-likeness (QED) is 0.704. The molecular formula is C13H20ClNO2. The Balaban J connectivity index is 2.33. The summed E-state index contributed by atoms with van der Waals surface area (Å²) in [5.41, 5.74) is 6.49.